The van der Waals surface area contributed by atoms with Crippen LogP contribution in [0.5, 0.6) is 5.75 Å². The molecule has 0 spiro atoms. The lowest BCUT2D eigenvalue weighted by atomic mass is 10.1. The Morgan fingerprint density at radius 2 is 2.20 bits per heavy atom. The van der Waals surface area contributed by atoms with Gasteiger partial charge >= 0.3 is 0 Å². The third-order valence-corrected chi connectivity index (χ3v) is 1.90. The van der Waals surface area contributed by atoms with E-state index in [0.717, 1.165) is 5.56 Å². The van der Waals surface area contributed by atoms with Gasteiger partial charge in [0, 0.05) is 0 Å². The molecule has 0 amide bonds. The maximum Gasteiger partial charge on any atom is 0.137 e. The van der Waals surface area contributed by atoms with Crippen molar-refractivity contribution in [1.82, 2.24) is 0 Å². The topological polar surface area (TPSA) is 56.8 Å². The summed E-state index contributed by atoms with van der Waals surface area (Å²) in [4.78, 5) is 0. The number of nitrogens with zero attached hydrogens (tertiary/aromatic N) is 2. The van der Waals surface area contributed by atoms with Gasteiger partial charge in [0.15, 0.2) is 0 Å². The zero-order chi connectivity index (χ0) is 11.1. The van der Waals surface area contributed by atoms with Gasteiger partial charge in [0.05, 0.1) is 19.6 Å². The summed E-state index contributed by atoms with van der Waals surface area (Å²) < 4.78 is 5.06. The van der Waals surface area contributed by atoms with Crippen LogP contribution in [0.2, 0.25) is 0 Å². The van der Waals surface area contributed by atoms with Gasteiger partial charge in [-0.3, -0.25) is 0 Å². The summed E-state index contributed by atoms with van der Waals surface area (Å²) >= 11 is 0. The van der Waals surface area contributed by atoms with Crippen molar-refractivity contribution in [3.63, 3.8) is 0 Å². The third kappa shape index (κ3) is 2.59. The molecule has 0 fully saturated rings. The summed E-state index contributed by atoms with van der Waals surface area (Å²) in [5.74, 6) is 0.552. The molecule has 0 aromatic heterocycles. The van der Waals surface area contributed by atoms with Crippen LogP contribution in [0, 0.1) is 22.7 Å². The first-order chi connectivity index (χ1) is 7.33. The van der Waals surface area contributed by atoms with E-state index >= 15 is 0 Å². The van der Waals surface area contributed by atoms with Crippen molar-refractivity contribution in [1.29, 1.82) is 10.5 Å². The maximum absolute atomic E-state index is 8.96. The van der Waals surface area contributed by atoms with Gasteiger partial charge in [-0.25, -0.2) is 0 Å². The summed E-state index contributed by atoms with van der Waals surface area (Å²) in [6, 6.07) is 9.45. The van der Waals surface area contributed by atoms with Crippen LogP contribution in [0.15, 0.2) is 24.3 Å². The smallest absolute Gasteiger partial charge is 0.137 e. The van der Waals surface area contributed by atoms with Crippen LogP contribution in [-0.2, 0) is 0 Å². The lowest BCUT2D eigenvalue weighted by Crippen LogP contribution is -1.90. The Balaban J connectivity index is 3.09. The number of allylic oxidation sites excluding steroid dienone is 1. The molecule has 0 unspecified atom stereocenters. The monoisotopic (exact) mass is 198 g/mol. The van der Waals surface area contributed by atoms with Crippen LogP contribution < -0.4 is 4.74 Å². The highest BCUT2D eigenvalue weighted by Gasteiger charge is 2.04. The zero-order valence-corrected chi connectivity index (χ0v) is 8.40. The van der Waals surface area contributed by atoms with Crippen LogP contribution in [-0.4, -0.2) is 7.11 Å². The zero-order valence-electron chi connectivity index (χ0n) is 8.40. The average molecular weight is 198 g/mol. The molecule has 74 valence electrons. The van der Waals surface area contributed by atoms with Crippen molar-refractivity contribution in [3.8, 4) is 17.9 Å². The van der Waals surface area contributed by atoms with E-state index in [1.807, 2.05) is 18.2 Å². The number of nitriles is 2. The van der Waals surface area contributed by atoms with Crippen molar-refractivity contribution < 1.29 is 4.74 Å². The highest BCUT2D eigenvalue weighted by atomic mass is 16.5. The van der Waals surface area contributed by atoms with E-state index in [1.165, 1.54) is 7.11 Å². The van der Waals surface area contributed by atoms with Gasteiger partial charge < -0.3 is 4.74 Å². The minimum atomic E-state index is 0.335. The summed E-state index contributed by atoms with van der Waals surface area (Å²) in [6.45, 7) is 0. The number of methoxy groups -OCH3 is 1. The third-order valence-electron chi connectivity index (χ3n) is 1.90. The van der Waals surface area contributed by atoms with Crippen molar-refractivity contribution in [3.05, 3.63) is 35.4 Å². The van der Waals surface area contributed by atoms with E-state index in [1.54, 1.807) is 18.2 Å². The van der Waals surface area contributed by atoms with Gasteiger partial charge in [-0.05, 0) is 11.6 Å². The molecule has 0 atom stereocenters. The summed E-state index contributed by atoms with van der Waals surface area (Å²) in [5.41, 5.74) is 1.27. The van der Waals surface area contributed by atoms with Crippen LogP contribution in [0.3, 0.4) is 0 Å². The average Bonchev–Trinajstić information content (AvgIpc) is 2.29. The highest BCUT2D eigenvalue weighted by molar-refractivity contribution is 5.62. The van der Waals surface area contributed by atoms with Crippen molar-refractivity contribution in [2.24, 2.45) is 0 Å². The van der Waals surface area contributed by atoms with E-state index in [-0.39, 0.29) is 0 Å². The maximum atomic E-state index is 8.96. The van der Waals surface area contributed by atoms with E-state index < -0.39 is 0 Å². The van der Waals surface area contributed by atoms with Crippen molar-refractivity contribution in [2.75, 3.05) is 7.11 Å². The Morgan fingerprint density at radius 3 is 2.80 bits per heavy atom. The van der Waals surface area contributed by atoms with Crippen molar-refractivity contribution >= 4 is 6.08 Å². The van der Waals surface area contributed by atoms with Crippen LogP contribution in [0.1, 0.15) is 17.5 Å². The standard InChI is InChI=1S/C12H10N2O/c1-15-12-7-4-6-10(11(12)9-14)5-2-3-8-13/h2,4-7H,3H2,1H3. The van der Waals surface area contributed by atoms with E-state index in [9.17, 15) is 0 Å². The second-order valence-electron chi connectivity index (χ2n) is 2.80. The lowest BCUT2D eigenvalue weighted by Gasteiger charge is -2.04. The fourth-order valence-electron chi connectivity index (χ4n) is 1.22. The predicted octanol–water partition coefficient (Wildman–Crippen LogP) is 2.49. The Labute approximate surface area is 88.8 Å². The normalized spacial score (nSPS) is 9.53. The van der Waals surface area contributed by atoms with E-state index in [0.29, 0.717) is 17.7 Å². The molecule has 3 heteroatoms. The second kappa shape index (κ2) is 5.47. The van der Waals surface area contributed by atoms with Gasteiger partial charge in [-0.15, -0.1) is 0 Å². The summed E-state index contributed by atoms with van der Waals surface area (Å²) in [5, 5.41) is 17.3. The van der Waals surface area contributed by atoms with Gasteiger partial charge in [-0.2, -0.15) is 10.5 Å². The quantitative estimate of drug-likeness (QED) is 0.749. The molecular weight excluding hydrogens is 188 g/mol. The first-order valence-corrected chi connectivity index (χ1v) is 4.44. The van der Waals surface area contributed by atoms with Crippen LogP contribution >= 0.6 is 0 Å². The van der Waals surface area contributed by atoms with Gasteiger partial charge in [0.2, 0.25) is 0 Å². The molecule has 0 aliphatic heterocycles. The van der Waals surface area contributed by atoms with E-state index in [4.69, 9.17) is 15.3 Å². The number of hydrogen-bond donors (Lipinski definition) is 0. The molecule has 0 heterocycles. The molecule has 1 aromatic rings. The number of benzene rings is 1. The van der Waals surface area contributed by atoms with Crippen molar-refractivity contribution in [2.45, 2.75) is 6.42 Å². The van der Waals surface area contributed by atoms with Gasteiger partial charge in [-0.1, -0.05) is 24.3 Å². The summed E-state index contributed by atoms with van der Waals surface area (Å²) in [6.07, 6.45) is 3.81. The SMILES string of the molecule is COc1cccc(C=CCC#N)c1C#N. The Bertz CT molecular complexity index is 450. The molecule has 0 aliphatic rings. The number of rotatable bonds is 3. The second-order valence-corrected chi connectivity index (χ2v) is 2.80. The minimum Gasteiger partial charge on any atom is -0.495 e. The first-order valence-electron chi connectivity index (χ1n) is 4.44. The minimum absolute atomic E-state index is 0.335. The molecule has 0 saturated carbocycles. The molecule has 1 aromatic carbocycles. The van der Waals surface area contributed by atoms with E-state index in [2.05, 4.69) is 6.07 Å². The Hall–Kier alpha value is -2.26. The molecular formula is C12H10N2O. The fourth-order valence-corrected chi connectivity index (χ4v) is 1.22. The lowest BCUT2D eigenvalue weighted by molar-refractivity contribution is 0.413. The van der Waals surface area contributed by atoms with Crippen LogP contribution in [0.4, 0.5) is 0 Å². The Morgan fingerprint density at radius 1 is 1.40 bits per heavy atom. The predicted molar refractivity (Wildman–Crippen MR) is 57.0 cm³/mol. The molecule has 1 rings (SSSR count). The first kappa shape index (κ1) is 10.8. The highest BCUT2D eigenvalue weighted by Crippen LogP contribution is 2.22. The molecule has 0 aliphatic carbocycles. The Kier molecular flexibility index (Phi) is 3.94. The molecule has 0 saturated heterocycles. The van der Waals surface area contributed by atoms with Gasteiger partial charge in [0.1, 0.15) is 17.4 Å². The molecule has 0 N–H and O–H groups in total. The molecule has 0 radical (unpaired) electrons. The van der Waals surface area contributed by atoms with Gasteiger partial charge in [0.25, 0.3) is 0 Å². The number of hydrogen-bond acceptors (Lipinski definition) is 3. The largest absolute Gasteiger partial charge is 0.495 e. The molecule has 3 nitrogen and oxygen atoms in total. The molecule has 15 heavy (non-hydrogen) atoms. The summed E-state index contributed by atoms with van der Waals surface area (Å²) in [7, 11) is 1.53. The van der Waals surface area contributed by atoms with Crippen LogP contribution in [0.25, 0.3) is 6.08 Å². The molecule has 0 bridgehead atoms. The fraction of sp³-hybridized carbons (Fsp3) is 0.167. The number of ether oxygens (including phenoxy) is 1.